The highest BCUT2D eigenvalue weighted by molar-refractivity contribution is 5.36. The average molecular weight is 350 g/mol. The molecule has 1 aliphatic rings. The van der Waals surface area contributed by atoms with Crippen molar-refractivity contribution in [3.05, 3.63) is 64.1 Å². The first-order chi connectivity index (χ1) is 12.6. The van der Waals surface area contributed by atoms with Crippen LogP contribution in [0.2, 0.25) is 0 Å². The van der Waals surface area contributed by atoms with Gasteiger partial charge in [0.2, 0.25) is 5.95 Å². The Balaban J connectivity index is 1.66. The highest BCUT2D eigenvalue weighted by Crippen LogP contribution is 2.28. The fourth-order valence-corrected chi connectivity index (χ4v) is 3.63. The van der Waals surface area contributed by atoms with E-state index >= 15 is 0 Å². The van der Waals surface area contributed by atoms with Crippen LogP contribution < -0.4 is 10.6 Å². The van der Waals surface area contributed by atoms with Crippen LogP contribution in [0.25, 0.3) is 5.69 Å². The standard InChI is InChI=1S/C19H22N6O/c1-13-11-14(2)21-18(20-13)24-10-6-7-15(12-24)17-22-23-19(26)25(17)16-8-4-3-5-9-16/h3-5,8-9,11,15H,6-7,10,12H2,1-2H3,(H,23,26)/t15-/m0/s1. The summed E-state index contributed by atoms with van der Waals surface area (Å²) in [6.45, 7) is 5.64. The molecule has 4 rings (SSSR count). The number of piperidine rings is 1. The number of hydrogen-bond donors (Lipinski definition) is 1. The van der Waals surface area contributed by atoms with E-state index in [0.29, 0.717) is 0 Å². The van der Waals surface area contributed by atoms with Gasteiger partial charge in [-0.1, -0.05) is 18.2 Å². The molecular weight excluding hydrogens is 328 g/mol. The van der Waals surface area contributed by atoms with Crippen molar-refractivity contribution >= 4 is 5.95 Å². The van der Waals surface area contributed by atoms with Crippen LogP contribution in [0.1, 0.15) is 36.0 Å². The molecule has 1 atom stereocenters. The van der Waals surface area contributed by atoms with E-state index in [9.17, 15) is 4.79 Å². The van der Waals surface area contributed by atoms with Gasteiger partial charge in [-0.3, -0.25) is 0 Å². The van der Waals surface area contributed by atoms with Gasteiger partial charge in [-0.15, -0.1) is 0 Å². The molecule has 0 bridgehead atoms. The monoisotopic (exact) mass is 350 g/mol. The number of aromatic nitrogens is 5. The van der Waals surface area contributed by atoms with Crippen molar-refractivity contribution in [3.63, 3.8) is 0 Å². The van der Waals surface area contributed by atoms with Crippen LogP contribution in [0.15, 0.2) is 41.2 Å². The van der Waals surface area contributed by atoms with Crippen molar-refractivity contribution in [2.45, 2.75) is 32.6 Å². The minimum Gasteiger partial charge on any atom is -0.340 e. The van der Waals surface area contributed by atoms with Crippen molar-refractivity contribution in [3.8, 4) is 5.69 Å². The lowest BCUT2D eigenvalue weighted by molar-refractivity contribution is 0.479. The topological polar surface area (TPSA) is 79.7 Å². The number of rotatable bonds is 3. The van der Waals surface area contributed by atoms with E-state index in [1.54, 1.807) is 4.57 Å². The molecule has 1 aliphatic heterocycles. The molecule has 1 N–H and O–H groups in total. The minimum absolute atomic E-state index is 0.146. The predicted octanol–water partition coefficient (Wildman–Crippen LogP) is 2.35. The van der Waals surface area contributed by atoms with Crippen LogP contribution in [-0.4, -0.2) is 37.8 Å². The Morgan fingerprint density at radius 2 is 1.85 bits per heavy atom. The number of para-hydroxylation sites is 1. The van der Waals surface area contributed by atoms with Crippen molar-refractivity contribution < 1.29 is 0 Å². The maximum atomic E-state index is 12.3. The number of benzene rings is 1. The second-order valence-corrected chi connectivity index (χ2v) is 6.79. The first kappa shape index (κ1) is 16.5. The summed E-state index contributed by atoms with van der Waals surface area (Å²) < 4.78 is 1.68. The minimum atomic E-state index is -0.203. The second-order valence-electron chi connectivity index (χ2n) is 6.79. The number of anilines is 1. The van der Waals surface area contributed by atoms with Gasteiger partial charge in [0.05, 0.1) is 5.69 Å². The second kappa shape index (κ2) is 6.74. The highest BCUT2D eigenvalue weighted by Gasteiger charge is 2.28. The zero-order valence-electron chi connectivity index (χ0n) is 15.0. The van der Waals surface area contributed by atoms with Gasteiger partial charge in [0.1, 0.15) is 5.82 Å². The summed E-state index contributed by atoms with van der Waals surface area (Å²) >= 11 is 0. The molecule has 1 saturated heterocycles. The molecule has 0 saturated carbocycles. The molecule has 3 heterocycles. The quantitative estimate of drug-likeness (QED) is 0.784. The third kappa shape index (κ3) is 3.12. The van der Waals surface area contributed by atoms with Gasteiger partial charge in [-0.05, 0) is 44.9 Å². The van der Waals surface area contributed by atoms with Gasteiger partial charge in [-0.2, -0.15) is 5.10 Å². The summed E-state index contributed by atoms with van der Waals surface area (Å²) in [7, 11) is 0. The number of hydrogen-bond acceptors (Lipinski definition) is 5. The lowest BCUT2D eigenvalue weighted by Crippen LogP contribution is -2.37. The van der Waals surface area contributed by atoms with E-state index in [1.807, 2.05) is 50.2 Å². The molecule has 134 valence electrons. The molecular formula is C19H22N6O. The van der Waals surface area contributed by atoms with Crippen molar-refractivity contribution in [1.29, 1.82) is 0 Å². The summed E-state index contributed by atoms with van der Waals surface area (Å²) in [6, 6.07) is 11.6. The van der Waals surface area contributed by atoms with E-state index < -0.39 is 0 Å². The highest BCUT2D eigenvalue weighted by atomic mass is 16.1. The number of aryl methyl sites for hydroxylation is 2. The van der Waals surface area contributed by atoms with Gasteiger partial charge >= 0.3 is 5.69 Å². The van der Waals surface area contributed by atoms with Crippen LogP contribution in [0.5, 0.6) is 0 Å². The van der Waals surface area contributed by atoms with Crippen LogP contribution >= 0.6 is 0 Å². The summed E-state index contributed by atoms with van der Waals surface area (Å²) in [5.41, 5.74) is 2.57. The Bertz CT molecular complexity index is 941. The lowest BCUT2D eigenvalue weighted by atomic mass is 9.97. The maximum Gasteiger partial charge on any atom is 0.347 e. The van der Waals surface area contributed by atoms with E-state index in [0.717, 1.165) is 54.8 Å². The largest absolute Gasteiger partial charge is 0.347 e. The molecule has 0 aliphatic carbocycles. The number of H-pyrrole nitrogens is 1. The van der Waals surface area contributed by atoms with Crippen molar-refractivity contribution in [1.82, 2.24) is 24.7 Å². The molecule has 1 aromatic carbocycles. The Morgan fingerprint density at radius 1 is 1.12 bits per heavy atom. The van der Waals surface area contributed by atoms with Gasteiger partial charge in [-0.25, -0.2) is 24.4 Å². The van der Waals surface area contributed by atoms with Crippen molar-refractivity contribution in [2.75, 3.05) is 18.0 Å². The van der Waals surface area contributed by atoms with Crippen LogP contribution in [0.4, 0.5) is 5.95 Å². The maximum absolute atomic E-state index is 12.3. The molecule has 0 spiro atoms. The normalized spacial score (nSPS) is 17.5. The summed E-state index contributed by atoms with van der Waals surface area (Å²) in [4.78, 5) is 23.7. The molecule has 7 heteroatoms. The SMILES string of the molecule is Cc1cc(C)nc(N2CCC[C@H](c3n[nH]c(=O)n3-c3ccccc3)C2)n1. The summed E-state index contributed by atoms with van der Waals surface area (Å²) in [6.07, 6.45) is 2.00. The average Bonchev–Trinajstić information content (AvgIpc) is 3.03. The third-order valence-corrected chi connectivity index (χ3v) is 4.75. The molecule has 7 nitrogen and oxygen atoms in total. The fraction of sp³-hybridized carbons (Fsp3) is 0.368. The Kier molecular flexibility index (Phi) is 4.28. The van der Waals surface area contributed by atoms with Gasteiger partial charge in [0, 0.05) is 30.4 Å². The Hall–Kier alpha value is -2.96. The van der Waals surface area contributed by atoms with Gasteiger partial charge in [0.25, 0.3) is 0 Å². The predicted molar refractivity (Wildman–Crippen MR) is 99.9 cm³/mol. The Morgan fingerprint density at radius 3 is 2.58 bits per heavy atom. The van der Waals surface area contributed by atoms with E-state index in [4.69, 9.17) is 0 Å². The fourth-order valence-electron chi connectivity index (χ4n) is 3.63. The van der Waals surface area contributed by atoms with Gasteiger partial charge in [0.15, 0.2) is 0 Å². The van der Waals surface area contributed by atoms with Gasteiger partial charge < -0.3 is 4.90 Å². The molecule has 26 heavy (non-hydrogen) atoms. The Labute approximate surface area is 151 Å². The van der Waals surface area contributed by atoms with Crippen LogP contribution in [0.3, 0.4) is 0 Å². The third-order valence-electron chi connectivity index (χ3n) is 4.75. The molecule has 1 fully saturated rings. The molecule has 0 unspecified atom stereocenters. The first-order valence-electron chi connectivity index (χ1n) is 8.92. The first-order valence-corrected chi connectivity index (χ1v) is 8.92. The van der Waals surface area contributed by atoms with Crippen LogP contribution in [-0.2, 0) is 0 Å². The van der Waals surface area contributed by atoms with Crippen molar-refractivity contribution in [2.24, 2.45) is 0 Å². The van der Waals surface area contributed by atoms with E-state index in [2.05, 4.69) is 25.1 Å². The number of nitrogens with zero attached hydrogens (tertiary/aromatic N) is 5. The number of nitrogens with one attached hydrogen (secondary N) is 1. The number of aromatic amines is 1. The van der Waals surface area contributed by atoms with E-state index in [-0.39, 0.29) is 11.6 Å². The smallest absolute Gasteiger partial charge is 0.340 e. The van der Waals surface area contributed by atoms with E-state index in [1.165, 1.54) is 0 Å². The molecule has 2 aromatic heterocycles. The lowest BCUT2D eigenvalue weighted by Gasteiger charge is -2.32. The summed E-state index contributed by atoms with van der Waals surface area (Å²) in [5.74, 6) is 1.68. The zero-order chi connectivity index (χ0) is 18.1. The molecule has 0 radical (unpaired) electrons. The molecule has 0 amide bonds. The summed E-state index contributed by atoms with van der Waals surface area (Å²) in [5, 5.41) is 6.95. The molecule has 3 aromatic rings. The van der Waals surface area contributed by atoms with Crippen LogP contribution in [0, 0.1) is 13.8 Å². The zero-order valence-corrected chi connectivity index (χ0v) is 15.0.